The van der Waals surface area contributed by atoms with Crippen molar-refractivity contribution in [2.75, 3.05) is 0 Å². The van der Waals surface area contributed by atoms with Crippen LogP contribution in [-0.4, -0.2) is 0 Å². The van der Waals surface area contributed by atoms with E-state index in [9.17, 15) is 0 Å². The van der Waals surface area contributed by atoms with E-state index in [4.69, 9.17) is 0 Å². The molecule has 0 nitrogen and oxygen atoms in total. The van der Waals surface area contributed by atoms with E-state index in [0.29, 0.717) is 5.41 Å². The highest BCUT2D eigenvalue weighted by Crippen LogP contribution is 2.60. The molecule has 3 fully saturated rings. The fourth-order valence-electron chi connectivity index (χ4n) is 6.19. The number of hydrogen-bond acceptors (Lipinski definition) is 0. The van der Waals surface area contributed by atoms with Crippen LogP contribution in [-0.2, 0) is 11.8 Å². The van der Waals surface area contributed by atoms with Gasteiger partial charge in [0.15, 0.2) is 0 Å². The summed E-state index contributed by atoms with van der Waals surface area (Å²) in [6.45, 7) is 4.51. The largest absolute Gasteiger partial charge is 0.206 e. The summed E-state index contributed by atoms with van der Waals surface area (Å²) in [5.74, 6) is 0.0409. The molecule has 2 bridgehead atoms. The van der Waals surface area contributed by atoms with Crippen LogP contribution in [0.25, 0.3) is 11.1 Å². The summed E-state index contributed by atoms with van der Waals surface area (Å²) in [5, 5.41) is 0. The van der Waals surface area contributed by atoms with Crippen LogP contribution in [0.3, 0.4) is 0 Å². The van der Waals surface area contributed by atoms with Crippen molar-refractivity contribution in [2.24, 2.45) is 5.41 Å². The van der Waals surface area contributed by atoms with Crippen molar-refractivity contribution in [3.05, 3.63) is 59.4 Å². The van der Waals surface area contributed by atoms with E-state index in [-0.39, 0.29) is 11.2 Å². The second-order valence-electron chi connectivity index (χ2n) is 10.2. The number of rotatable bonds is 9. The molecule has 2 aromatic carbocycles. The second kappa shape index (κ2) is 9.25. The lowest BCUT2D eigenvalue weighted by molar-refractivity contribution is 0.0289. The van der Waals surface area contributed by atoms with Crippen molar-refractivity contribution in [1.29, 1.82) is 0 Å². The lowest BCUT2D eigenvalue weighted by atomic mass is 9.50. The van der Waals surface area contributed by atoms with Crippen molar-refractivity contribution < 1.29 is 4.39 Å². The van der Waals surface area contributed by atoms with Crippen LogP contribution < -0.4 is 0 Å². The van der Waals surface area contributed by atoms with Gasteiger partial charge in [0, 0.05) is 5.56 Å². The summed E-state index contributed by atoms with van der Waals surface area (Å²) in [6.07, 6.45) is 16.4. The van der Waals surface area contributed by atoms with E-state index in [0.717, 1.165) is 23.1 Å². The van der Waals surface area contributed by atoms with Gasteiger partial charge >= 0.3 is 0 Å². The van der Waals surface area contributed by atoms with Gasteiger partial charge in [-0.3, -0.25) is 0 Å². The van der Waals surface area contributed by atoms with Crippen molar-refractivity contribution in [2.45, 2.75) is 103 Å². The Labute approximate surface area is 183 Å². The minimum absolute atomic E-state index is 0.0409. The van der Waals surface area contributed by atoms with E-state index in [1.165, 1.54) is 82.6 Å². The first-order chi connectivity index (χ1) is 14.6. The molecule has 2 aromatic rings. The molecule has 0 atom stereocenters. The molecule has 5 rings (SSSR count). The highest BCUT2D eigenvalue weighted by atomic mass is 19.1. The lowest BCUT2D eigenvalue weighted by Gasteiger charge is -2.54. The Bertz CT molecular complexity index is 807. The fraction of sp³-hybridized carbons (Fsp3) is 0.586. The van der Waals surface area contributed by atoms with Gasteiger partial charge < -0.3 is 0 Å². The lowest BCUT2D eigenvalue weighted by Crippen LogP contribution is -2.44. The third kappa shape index (κ3) is 4.23. The minimum Gasteiger partial charge on any atom is -0.206 e. The Kier molecular flexibility index (Phi) is 6.66. The monoisotopic (exact) mass is 406 g/mol. The number of halogens is 1. The molecule has 3 aliphatic rings. The topological polar surface area (TPSA) is 0 Å². The predicted molar refractivity (Wildman–Crippen MR) is 126 cm³/mol. The molecule has 0 amide bonds. The summed E-state index contributed by atoms with van der Waals surface area (Å²) < 4.78 is 15.8. The van der Waals surface area contributed by atoms with Crippen molar-refractivity contribution in [3.63, 3.8) is 0 Å². The Morgan fingerprint density at radius 3 is 2.07 bits per heavy atom. The Balaban J connectivity index is 1.53. The molecular formula is C29H39F. The summed E-state index contributed by atoms with van der Waals surface area (Å²) in [4.78, 5) is 0. The van der Waals surface area contributed by atoms with Crippen molar-refractivity contribution in [3.8, 4) is 11.1 Å². The first-order valence-corrected chi connectivity index (χ1v) is 12.5. The Hall–Kier alpha value is -1.63. The van der Waals surface area contributed by atoms with Crippen LogP contribution >= 0.6 is 0 Å². The third-order valence-corrected chi connectivity index (χ3v) is 8.37. The highest BCUT2D eigenvalue weighted by molar-refractivity contribution is 5.66. The predicted octanol–water partition coefficient (Wildman–Crippen LogP) is 9.01. The van der Waals surface area contributed by atoms with Crippen molar-refractivity contribution >= 4 is 0 Å². The molecule has 3 aliphatic carbocycles. The Morgan fingerprint density at radius 2 is 1.43 bits per heavy atom. The van der Waals surface area contributed by atoms with E-state index in [1.54, 1.807) is 0 Å². The molecule has 0 N–H and O–H groups in total. The van der Waals surface area contributed by atoms with Crippen LogP contribution in [0.4, 0.5) is 4.39 Å². The van der Waals surface area contributed by atoms with Crippen LogP contribution in [0.5, 0.6) is 0 Å². The second-order valence-corrected chi connectivity index (χ2v) is 10.2. The fourth-order valence-corrected chi connectivity index (χ4v) is 6.19. The third-order valence-electron chi connectivity index (χ3n) is 8.37. The quantitative estimate of drug-likeness (QED) is 0.364. The normalized spacial score (nSPS) is 25.6. The SMILES string of the molecule is CCCCCC12CCC(c3cccc(-c4ccc(CCCC)cc4)c3F)(CC1)CC2. The van der Waals surface area contributed by atoms with Gasteiger partial charge in [0.1, 0.15) is 5.82 Å². The van der Waals surface area contributed by atoms with Crippen LogP contribution in [0.1, 0.15) is 102 Å². The van der Waals surface area contributed by atoms with Crippen LogP contribution in [0.15, 0.2) is 42.5 Å². The van der Waals surface area contributed by atoms with Crippen molar-refractivity contribution in [1.82, 2.24) is 0 Å². The van der Waals surface area contributed by atoms with Gasteiger partial charge in [-0.25, -0.2) is 4.39 Å². The molecule has 3 saturated carbocycles. The standard InChI is InChI=1S/C29H39F/c1-3-5-7-16-28-17-20-29(21-18-28,22-19-28)26-11-8-10-25(27(26)30)24-14-12-23(13-15-24)9-6-4-2/h8,10-15H,3-7,9,16-22H2,1-2H3. The molecule has 0 radical (unpaired) electrons. The summed E-state index contributed by atoms with van der Waals surface area (Å²) in [5.41, 5.74) is 4.81. The summed E-state index contributed by atoms with van der Waals surface area (Å²) in [7, 11) is 0. The van der Waals surface area contributed by atoms with Crippen LogP contribution in [0, 0.1) is 11.2 Å². The maximum absolute atomic E-state index is 15.8. The molecule has 0 unspecified atom stereocenters. The molecule has 0 saturated heterocycles. The number of benzene rings is 2. The van der Waals surface area contributed by atoms with E-state index in [1.807, 2.05) is 6.07 Å². The minimum atomic E-state index is 0.0409. The average molecular weight is 407 g/mol. The maximum Gasteiger partial charge on any atom is 0.134 e. The van der Waals surface area contributed by atoms with Gasteiger partial charge in [0.25, 0.3) is 0 Å². The highest BCUT2D eigenvalue weighted by Gasteiger charge is 2.49. The Morgan fingerprint density at radius 1 is 0.767 bits per heavy atom. The first-order valence-electron chi connectivity index (χ1n) is 12.5. The molecule has 1 heteroatoms. The summed E-state index contributed by atoms with van der Waals surface area (Å²) in [6, 6.07) is 14.7. The molecule has 162 valence electrons. The molecule has 30 heavy (non-hydrogen) atoms. The van der Waals surface area contributed by atoms with E-state index < -0.39 is 0 Å². The molecule has 0 aliphatic heterocycles. The van der Waals surface area contributed by atoms with Gasteiger partial charge in [-0.15, -0.1) is 0 Å². The van der Waals surface area contributed by atoms with Gasteiger partial charge in [-0.05, 0) is 85.3 Å². The summed E-state index contributed by atoms with van der Waals surface area (Å²) >= 11 is 0. The zero-order valence-electron chi connectivity index (χ0n) is 19.1. The van der Waals surface area contributed by atoms with E-state index in [2.05, 4.69) is 50.2 Å². The average Bonchev–Trinajstić information content (AvgIpc) is 2.80. The van der Waals surface area contributed by atoms with Gasteiger partial charge in [-0.1, -0.05) is 82.0 Å². The number of unbranched alkanes of at least 4 members (excludes halogenated alkanes) is 3. The van der Waals surface area contributed by atoms with Crippen LogP contribution in [0.2, 0.25) is 0 Å². The van der Waals surface area contributed by atoms with Gasteiger partial charge in [-0.2, -0.15) is 0 Å². The maximum atomic E-state index is 15.8. The zero-order chi connectivity index (χ0) is 21.0. The molecule has 0 spiro atoms. The smallest absolute Gasteiger partial charge is 0.134 e. The number of fused-ring (bicyclic) bond motifs is 3. The number of hydrogen-bond donors (Lipinski definition) is 0. The number of aryl methyl sites for hydroxylation is 1. The van der Waals surface area contributed by atoms with Gasteiger partial charge in [0.2, 0.25) is 0 Å². The molecule has 0 aromatic heterocycles. The first kappa shape index (κ1) is 21.6. The molecule has 0 heterocycles. The van der Waals surface area contributed by atoms with Gasteiger partial charge in [0.05, 0.1) is 0 Å². The van der Waals surface area contributed by atoms with E-state index >= 15 is 4.39 Å². The molecular weight excluding hydrogens is 367 g/mol. The zero-order valence-corrected chi connectivity index (χ0v) is 19.1.